The maximum atomic E-state index is 14.5. The Morgan fingerprint density at radius 3 is 2.70 bits per heavy atom. The molecule has 3 atom stereocenters. The molecule has 174 valence electrons. The Labute approximate surface area is 208 Å². The first-order valence-electron chi connectivity index (χ1n) is 10.4. The van der Waals surface area contributed by atoms with Crippen molar-refractivity contribution >= 4 is 50.8 Å². The van der Waals surface area contributed by atoms with Crippen LogP contribution in [0.15, 0.2) is 53.3 Å². The van der Waals surface area contributed by atoms with Crippen LogP contribution in [0.2, 0.25) is 0 Å². The molecule has 2 aromatic carbocycles. The summed E-state index contributed by atoms with van der Waals surface area (Å²) in [6, 6.07) is 14.3. The Kier molecular flexibility index (Phi) is 6.81. The molecule has 0 aliphatic heterocycles. The molecular formula is C24H25FIN3O3S. The zero-order chi connectivity index (χ0) is 23.9. The molecule has 0 amide bonds. The van der Waals surface area contributed by atoms with Crippen molar-refractivity contribution in [1.29, 1.82) is 0 Å². The lowest BCUT2D eigenvalue weighted by Crippen LogP contribution is -2.29. The number of methoxy groups -OCH3 is 1. The fourth-order valence-corrected chi connectivity index (χ4v) is 5.90. The highest BCUT2D eigenvalue weighted by Gasteiger charge is 2.45. The average Bonchev–Trinajstić information content (AvgIpc) is 3.60. The highest BCUT2D eigenvalue weighted by molar-refractivity contribution is 14.1. The van der Waals surface area contributed by atoms with Gasteiger partial charge in [-0.3, -0.25) is 13.7 Å². The summed E-state index contributed by atoms with van der Waals surface area (Å²) in [5.41, 5.74) is 2.23. The first-order chi connectivity index (χ1) is 15.7. The van der Waals surface area contributed by atoms with Crippen molar-refractivity contribution in [2.24, 2.45) is 7.05 Å². The van der Waals surface area contributed by atoms with Crippen LogP contribution in [0.25, 0.3) is 0 Å². The molecule has 33 heavy (non-hydrogen) atoms. The topological polar surface area (TPSA) is 63.6 Å². The highest BCUT2D eigenvalue weighted by Crippen LogP contribution is 2.47. The molecule has 1 N–H and O–H groups in total. The minimum atomic E-state index is -1.35. The summed E-state index contributed by atoms with van der Waals surface area (Å²) in [6.45, 7) is 1.72. The SMILES string of the molecule is COc1cccc(C2CC2S(=O)N(C)c2cc(C)c(=O)n(C)c2Nc2ccc(I)cc2F)c1. The minimum Gasteiger partial charge on any atom is -0.497 e. The Balaban J connectivity index is 1.65. The lowest BCUT2D eigenvalue weighted by Gasteiger charge is -2.24. The van der Waals surface area contributed by atoms with Crippen LogP contribution < -0.4 is 19.9 Å². The second-order valence-corrected chi connectivity index (χ2v) is 11.1. The number of nitrogens with zero attached hydrogens (tertiary/aromatic N) is 2. The molecule has 1 aromatic heterocycles. The van der Waals surface area contributed by atoms with Gasteiger partial charge in [-0.05, 0) is 77.9 Å². The van der Waals surface area contributed by atoms with Crippen LogP contribution in [0.5, 0.6) is 5.75 Å². The van der Waals surface area contributed by atoms with Gasteiger partial charge in [0.05, 0.1) is 23.7 Å². The average molecular weight is 581 g/mol. The van der Waals surface area contributed by atoms with Gasteiger partial charge in [0, 0.05) is 29.1 Å². The first kappa shape index (κ1) is 23.7. The Morgan fingerprint density at radius 2 is 2.00 bits per heavy atom. The molecule has 1 saturated carbocycles. The molecule has 1 heterocycles. The Hall–Kier alpha value is -2.40. The highest BCUT2D eigenvalue weighted by atomic mass is 127. The van der Waals surface area contributed by atoms with Gasteiger partial charge < -0.3 is 10.1 Å². The fourth-order valence-electron chi connectivity index (χ4n) is 3.90. The van der Waals surface area contributed by atoms with Crippen molar-refractivity contribution in [3.05, 3.63) is 79.4 Å². The van der Waals surface area contributed by atoms with Gasteiger partial charge in [-0.1, -0.05) is 12.1 Å². The minimum absolute atomic E-state index is 0.0532. The van der Waals surface area contributed by atoms with E-state index in [1.54, 1.807) is 50.6 Å². The second-order valence-electron chi connectivity index (χ2n) is 8.11. The molecule has 1 fully saturated rings. The van der Waals surface area contributed by atoms with E-state index in [-0.39, 0.29) is 22.4 Å². The van der Waals surface area contributed by atoms with Crippen LogP contribution in [0.4, 0.5) is 21.6 Å². The maximum Gasteiger partial charge on any atom is 0.254 e. The summed E-state index contributed by atoms with van der Waals surface area (Å²) in [5, 5.41) is 3.00. The number of halogens is 2. The van der Waals surface area contributed by atoms with E-state index in [2.05, 4.69) is 5.32 Å². The van der Waals surface area contributed by atoms with Crippen LogP contribution in [-0.4, -0.2) is 28.2 Å². The van der Waals surface area contributed by atoms with Gasteiger partial charge in [-0.25, -0.2) is 8.60 Å². The van der Waals surface area contributed by atoms with Crippen LogP contribution in [0, 0.1) is 16.3 Å². The monoisotopic (exact) mass is 581 g/mol. The summed E-state index contributed by atoms with van der Waals surface area (Å²) in [7, 11) is 3.64. The summed E-state index contributed by atoms with van der Waals surface area (Å²) < 4.78 is 37.2. The van der Waals surface area contributed by atoms with Crippen molar-refractivity contribution in [3.63, 3.8) is 0 Å². The van der Waals surface area contributed by atoms with Crippen molar-refractivity contribution < 1.29 is 13.3 Å². The number of aryl methyl sites for hydroxylation is 1. The van der Waals surface area contributed by atoms with E-state index in [1.165, 1.54) is 10.6 Å². The summed E-state index contributed by atoms with van der Waals surface area (Å²) in [4.78, 5) is 12.6. The van der Waals surface area contributed by atoms with Gasteiger partial charge in [0.1, 0.15) is 28.4 Å². The third kappa shape index (κ3) is 4.79. The van der Waals surface area contributed by atoms with Crippen molar-refractivity contribution in [2.45, 2.75) is 24.5 Å². The molecule has 0 radical (unpaired) electrons. The van der Waals surface area contributed by atoms with E-state index in [1.807, 2.05) is 46.9 Å². The second kappa shape index (κ2) is 9.46. The maximum absolute atomic E-state index is 14.5. The molecule has 9 heteroatoms. The zero-order valence-electron chi connectivity index (χ0n) is 18.8. The van der Waals surface area contributed by atoms with Gasteiger partial charge in [-0.15, -0.1) is 0 Å². The van der Waals surface area contributed by atoms with Crippen LogP contribution in [-0.2, 0) is 18.0 Å². The van der Waals surface area contributed by atoms with Gasteiger partial charge in [0.25, 0.3) is 5.56 Å². The van der Waals surface area contributed by atoms with Crippen molar-refractivity contribution in [2.75, 3.05) is 23.8 Å². The number of aromatic nitrogens is 1. The molecular weight excluding hydrogens is 556 g/mol. The van der Waals surface area contributed by atoms with Crippen molar-refractivity contribution in [3.8, 4) is 5.75 Å². The van der Waals surface area contributed by atoms with E-state index in [4.69, 9.17) is 4.74 Å². The molecule has 6 nitrogen and oxygen atoms in total. The van der Waals surface area contributed by atoms with E-state index in [0.29, 0.717) is 17.1 Å². The quantitative estimate of drug-likeness (QED) is 0.406. The molecule has 3 unspecified atom stereocenters. The number of hydrogen-bond acceptors (Lipinski definition) is 4. The number of hydrogen-bond donors (Lipinski definition) is 1. The number of pyridine rings is 1. The Bertz CT molecular complexity index is 1300. The summed E-state index contributed by atoms with van der Waals surface area (Å²) in [6.07, 6.45) is 0.795. The third-order valence-electron chi connectivity index (χ3n) is 5.88. The van der Waals surface area contributed by atoms with Crippen LogP contribution in [0.1, 0.15) is 23.5 Å². The molecule has 1 aliphatic rings. The predicted molar refractivity (Wildman–Crippen MR) is 140 cm³/mol. The van der Waals surface area contributed by atoms with Gasteiger partial charge >= 0.3 is 0 Å². The van der Waals surface area contributed by atoms with E-state index in [0.717, 1.165) is 21.3 Å². The zero-order valence-corrected chi connectivity index (χ0v) is 21.7. The molecule has 0 spiro atoms. The van der Waals surface area contributed by atoms with E-state index >= 15 is 0 Å². The van der Waals surface area contributed by atoms with E-state index in [9.17, 15) is 13.4 Å². The van der Waals surface area contributed by atoms with Gasteiger partial charge in [0.2, 0.25) is 0 Å². The fraction of sp³-hybridized carbons (Fsp3) is 0.292. The van der Waals surface area contributed by atoms with Gasteiger partial charge in [0.15, 0.2) is 0 Å². The number of nitrogens with one attached hydrogen (secondary N) is 1. The number of benzene rings is 2. The largest absolute Gasteiger partial charge is 0.497 e. The molecule has 0 saturated heterocycles. The Morgan fingerprint density at radius 1 is 1.24 bits per heavy atom. The summed E-state index contributed by atoms with van der Waals surface area (Å²) >= 11 is 2.04. The molecule has 1 aliphatic carbocycles. The standard InChI is InChI=1S/C24H25FIN3O3S/c1-14-10-21(23(28(2)24(14)30)27-20-9-8-16(26)12-19(20)25)29(3)33(31)22-13-18(22)15-6-5-7-17(11-15)32-4/h5-12,18,22,27H,13H2,1-4H3. The van der Waals surface area contributed by atoms with Crippen LogP contribution >= 0.6 is 22.6 Å². The number of anilines is 3. The van der Waals surface area contributed by atoms with Gasteiger partial charge in [-0.2, -0.15) is 0 Å². The third-order valence-corrected chi connectivity index (χ3v) is 8.33. The van der Waals surface area contributed by atoms with Crippen molar-refractivity contribution in [1.82, 2.24) is 4.57 Å². The lowest BCUT2D eigenvalue weighted by atomic mass is 10.1. The smallest absolute Gasteiger partial charge is 0.254 e. The van der Waals surface area contributed by atoms with E-state index < -0.39 is 16.8 Å². The summed E-state index contributed by atoms with van der Waals surface area (Å²) in [5.74, 6) is 0.907. The lowest BCUT2D eigenvalue weighted by molar-refractivity contribution is 0.414. The predicted octanol–water partition coefficient (Wildman–Crippen LogP) is 4.85. The molecule has 4 rings (SSSR count). The number of ether oxygens (including phenoxy) is 1. The first-order valence-corrected chi connectivity index (χ1v) is 12.7. The molecule has 0 bridgehead atoms. The normalized spacial score (nSPS) is 18.0. The molecule has 3 aromatic rings. The number of rotatable bonds is 7. The van der Waals surface area contributed by atoms with Crippen LogP contribution in [0.3, 0.4) is 0 Å².